The number of aromatic amines is 2. The first-order valence-corrected chi connectivity index (χ1v) is 11.8. The van der Waals surface area contributed by atoms with Crippen LogP contribution in [-0.4, -0.2) is 47.8 Å². The molecule has 1 fully saturated rings. The van der Waals surface area contributed by atoms with Crippen molar-refractivity contribution in [2.75, 3.05) is 43.1 Å². The maximum Gasteiger partial charge on any atom is 0.261 e. The fourth-order valence-corrected chi connectivity index (χ4v) is 4.61. The van der Waals surface area contributed by atoms with Crippen LogP contribution in [0.15, 0.2) is 53.5 Å². The largest absolute Gasteiger partial charge is 0.384 e. The molecule has 0 bridgehead atoms. The minimum Gasteiger partial charge on any atom is -0.384 e. The first-order chi connectivity index (χ1) is 16.5. The maximum atomic E-state index is 12.9. The molecular formula is C27H31N5O2. The van der Waals surface area contributed by atoms with Crippen LogP contribution in [0.1, 0.15) is 29.5 Å². The minimum atomic E-state index is -0.168. The third kappa shape index (κ3) is 4.43. The van der Waals surface area contributed by atoms with Crippen molar-refractivity contribution in [3.63, 3.8) is 0 Å². The van der Waals surface area contributed by atoms with Gasteiger partial charge in [-0.05, 0) is 49.1 Å². The molecule has 0 saturated carbocycles. The number of pyridine rings is 1. The van der Waals surface area contributed by atoms with Crippen molar-refractivity contribution in [3.05, 3.63) is 75.7 Å². The Hall–Kier alpha value is -3.58. The molecule has 7 heteroatoms. The SMILES string of the molecule is Cc1cccc([C@H](C)CNc2cc[nH]c(=O)c2-c2nc3c(C)cc(N4CCOCC4)cc3[nH]2)c1. The molecular weight excluding hydrogens is 426 g/mol. The van der Waals surface area contributed by atoms with E-state index in [4.69, 9.17) is 9.72 Å². The van der Waals surface area contributed by atoms with Gasteiger partial charge in [0.25, 0.3) is 5.56 Å². The molecule has 2 aromatic carbocycles. The van der Waals surface area contributed by atoms with E-state index in [0.717, 1.165) is 54.3 Å². The van der Waals surface area contributed by atoms with E-state index in [1.807, 2.05) is 6.07 Å². The normalized spacial score (nSPS) is 15.0. The molecule has 34 heavy (non-hydrogen) atoms. The van der Waals surface area contributed by atoms with Crippen molar-refractivity contribution in [3.8, 4) is 11.4 Å². The van der Waals surface area contributed by atoms with E-state index < -0.39 is 0 Å². The monoisotopic (exact) mass is 457 g/mol. The van der Waals surface area contributed by atoms with E-state index in [2.05, 4.69) is 77.4 Å². The molecule has 1 saturated heterocycles. The lowest BCUT2D eigenvalue weighted by Crippen LogP contribution is -2.36. The number of rotatable bonds is 6. The third-order valence-corrected chi connectivity index (χ3v) is 6.55. The fourth-order valence-electron chi connectivity index (χ4n) is 4.61. The van der Waals surface area contributed by atoms with Crippen LogP contribution in [0.3, 0.4) is 0 Å². The lowest BCUT2D eigenvalue weighted by atomic mass is 9.99. The molecule has 0 aliphatic carbocycles. The number of H-pyrrole nitrogens is 2. The number of aryl methyl sites for hydroxylation is 2. The molecule has 1 aliphatic rings. The van der Waals surface area contributed by atoms with E-state index in [9.17, 15) is 4.79 Å². The van der Waals surface area contributed by atoms with E-state index >= 15 is 0 Å². The lowest BCUT2D eigenvalue weighted by molar-refractivity contribution is 0.122. The quantitative estimate of drug-likeness (QED) is 0.394. The molecule has 4 aromatic rings. The second kappa shape index (κ2) is 9.35. The summed E-state index contributed by atoms with van der Waals surface area (Å²) >= 11 is 0. The van der Waals surface area contributed by atoms with Gasteiger partial charge in [0.15, 0.2) is 0 Å². The second-order valence-corrected chi connectivity index (χ2v) is 9.14. The number of fused-ring (bicyclic) bond motifs is 1. The zero-order chi connectivity index (χ0) is 23.7. The molecule has 0 radical (unpaired) electrons. The predicted molar refractivity (Wildman–Crippen MR) is 138 cm³/mol. The van der Waals surface area contributed by atoms with Gasteiger partial charge in [0.2, 0.25) is 0 Å². The predicted octanol–water partition coefficient (Wildman–Crippen LogP) is 4.59. The van der Waals surface area contributed by atoms with Crippen molar-refractivity contribution in [2.45, 2.75) is 26.7 Å². The Morgan fingerprint density at radius 2 is 1.97 bits per heavy atom. The van der Waals surface area contributed by atoms with Crippen molar-refractivity contribution < 1.29 is 4.74 Å². The first kappa shape index (κ1) is 22.2. The molecule has 0 amide bonds. The first-order valence-electron chi connectivity index (χ1n) is 11.8. The number of hydrogen-bond acceptors (Lipinski definition) is 5. The average Bonchev–Trinajstić information content (AvgIpc) is 3.27. The molecule has 3 N–H and O–H groups in total. The molecule has 3 heterocycles. The van der Waals surface area contributed by atoms with Crippen LogP contribution in [0.5, 0.6) is 0 Å². The summed E-state index contributed by atoms with van der Waals surface area (Å²) in [5.41, 5.74) is 7.69. The van der Waals surface area contributed by atoms with Gasteiger partial charge >= 0.3 is 0 Å². The molecule has 5 rings (SSSR count). The average molecular weight is 458 g/mol. The summed E-state index contributed by atoms with van der Waals surface area (Å²) in [4.78, 5) is 26.3. The van der Waals surface area contributed by atoms with Gasteiger partial charge in [0.05, 0.1) is 29.9 Å². The molecule has 0 unspecified atom stereocenters. The summed E-state index contributed by atoms with van der Waals surface area (Å²) in [7, 11) is 0. The van der Waals surface area contributed by atoms with Crippen LogP contribution >= 0.6 is 0 Å². The Bertz CT molecular complexity index is 1370. The van der Waals surface area contributed by atoms with Crippen molar-refractivity contribution in [2.24, 2.45) is 0 Å². The fraction of sp³-hybridized carbons (Fsp3) is 0.333. The Kier molecular flexibility index (Phi) is 6.11. The Labute approximate surface area is 199 Å². The lowest BCUT2D eigenvalue weighted by Gasteiger charge is -2.29. The van der Waals surface area contributed by atoms with Crippen LogP contribution in [-0.2, 0) is 4.74 Å². The molecule has 2 aromatic heterocycles. The minimum absolute atomic E-state index is 0.168. The summed E-state index contributed by atoms with van der Waals surface area (Å²) in [5, 5.41) is 3.49. The van der Waals surface area contributed by atoms with Gasteiger partial charge in [-0.1, -0.05) is 36.8 Å². The zero-order valence-corrected chi connectivity index (χ0v) is 19.9. The van der Waals surface area contributed by atoms with Gasteiger partial charge in [0, 0.05) is 31.5 Å². The number of imidazole rings is 1. The number of morpholine rings is 1. The standard InChI is InChI=1S/C27H31N5O2/c1-17-5-4-6-20(13-17)19(3)16-29-22-7-8-28-27(33)24(22)26-30-23-15-21(14-18(2)25(23)31-26)32-9-11-34-12-10-32/h4-8,13-15,19H,9-12,16H2,1-3H3,(H,30,31)(H2,28,29,33)/t19-/m1/s1. The van der Waals surface area contributed by atoms with Gasteiger partial charge in [-0.3, -0.25) is 4.79 Å². The van der Waals surface area contributed by atoms with E-state index in [-0.39, 0.29) is 5.56 Å². The Morgan fingerprint density at radius 3 is 2.76 bits per heavy atom. The van der Waals surface area contributed by atoms with Crippen LogP contribution in [0, 0.1) is 13.8 Å². The van der Waals surface area contributed by atoms with Gasteiger partial charge in [-0.2, -0.15) is 0 Å². The number of benzene rings is 2. The van der Waals surface area contributed by atoms with E-state index in [0.29, 0.717) is 23.9 Å². The highest BCUT2D eigenvalue weighted by Crippen LogP contribution is 2.30. The van der Waals surface area contributed by atoms with Gasteiger partial charge < -0.3 is 24.9 Å². The van der Waals surface area contributed by atoms with Crippen molar-refractivity contribution in [1.29, 1.82) is 0 Å². The van der Waals surface area contributed by atoms with Gasteiger partial charge in [-0.15, -0.1) is 0 Å². The van der Waals surface area contributed by atoms with Crippen molar-refractivity contribution in [1.82, 2.24) is 15.0 Å². The third-order valence-electron chi connectivity index (χ3n) is 6.55. The number of anilines is 2. The second-order valence-electron chi connectivity index (χ2n) is 9.14. The smallest absolute Gasteiger partial charge is 0.261 e. The molecule has 0 spiro atoms. The van der Waals surface area contributed by atoms with Crippen LogP contribution in [0.25, 0.3) is 22.4 Å². The highest BCUT2D eigenvalue weighted by molar-refractivity contribution is 5.87. The maximum absolute atomic E-state index is 12.9. The summed E-state index contributed by atoms with van der Waals surface area (Å²) in [5.74, 6) is 0.867. The number of ether oxygens (including phenoxy) is 1. The van der Waals surface area contributed by atoms with Crippen LogP contribution < -0.4 is 15.8 Å². The summed E-state index contributed by atoms with van der Waals surface area (Å²) in [6.07, 6.45) is 1.68. The van der Waals surface area contributed by atoms with E-state index in [1.54, 1.807) is 6.20 Å². The van der Waals surface area contributed by atoms with Crippen LogP contribution in [0.4, 0.5) is 11.4 Å². The zero-order valence-electron chi connectivity index (χ0n) is 19.9. The summed E-state index contributed by atoms with van der Waals surface area (Å²) in [6.45, 7) is 10.3. The number of nitrogens with one attached hydrogen (secondary N) is 3. The summed E-state index contributed by atoms with van der Waals surface area (Å²) < 4.78 is 5.49. The summed E-state index contributed by atoms with van der Waals surface area (Å²) in [6, 6.07) is 14.7. The van der Waals surface area contributed by atoms with Gasteiger partial charge in [0.1, 0.15) is 11.4 Å². The topological polar surface area (TPSA) is 86.0 Å². The van der Waals surface area contributed by atoms with Gasteiger partial charge in [-0.25, -0.2) is 4.98 Å². The highest BCUT2D eigenvalue weighted by Gasteiger charge is 2.18. The molecule has 176 valence electrons. The Morgan fingerprint density at radius 1 is 1.15 bits per heavy atom. The Balaban J connectivity index is 1.46. The van der Waals surface area contributed by atoms with Crippen molar-refractivity contribution >= 4 is 22.4 Å². The highest BCUT2D eigenvalue weighted by atomic mass is 16.5. The van der Waals surface area contributed by atoms with Crippen LogP contribution in [0.2, 0.25) is 0 Å². The van der Waals surface area contributed by atoms with E-state index in [1.165, 1.54) is 11.1 Å². The number of nitrogens with zero attached hydrogens (tertiary/aromatic N) is 2. The molecule has 7 nitrogen and oxygen atoms in total. The number of aromatic nitrogens is 3. The molecule has 1 aliphatic heterocycles. The number of hydrogen-bond donors (Lipinski definition) is 3. The molecule has 1 atom stereocenters.